The standard InChI is InChI=1S/C12H20N4O/c1-8-10(13)11(16-15-8)12(17)14-7-6-9-4-2-3-5-9/h9H,2-7,13H2,1H3,(H,14,17)(H,15,16). The van der Waals surface area contributed by atoms with Gasteiger partial charge in [0.2, 0.25) is 0 Å². The fourth-order valence-corrected chi connectivity index (χ4v) is 2.38. The Morgan fingerprint density at radius 3 is 2.82 bits per heavy atom. The van der Waals surface area contributed by atoms with Gasteiger partial charge in [-0.2, -0.15) is 5.10 Å². The molecule has 94 valence electrons. The molecule has 1 amide bonds. The predicted octanol–water partition coefficient (Wildman–Crippen LogP) is 1.61. The Kier molecular flexibility index (Phi) is 3.66. The van der Waals surface area contributed by atoms with E-state index >= 15 is 0 Å². The average molecular weight is 236 g/mol. The summed E-state index contributed by atoms with van der Waals surface area (Å²) in [5, 5.41) is 9.50. The molecule has 0 spiro atoms. The van der Waals surface area contributed by atoms with E-state index in [1.165, 1.54) is 25.7 Å². The van der Waals surface area contributed by atoms with Crippen molar-refractivity contribution in [3.63, 3.8) is 0 Å². The number of nitrogen functional groups attached to an aromatic ring is 1. The maximum atomic E-state index is 11.8. The van der Waals surface area contributed by atoms with Gasteiger partial charge in [0.05, 0.1) is 11.4 Å². The molecule has 1 aliphatic carbocycles. The third-order valence-electron chi connectivity index (χ3n) is 3.52. The molecule has 0 saturated heterocycles. The average Bonchev–Trinajstić information content (AvgIpc) is 2.91. The van der Waals surface area contributed by atoms with Gasteiger partial charge in [0.25, 0.3) is 5.91 Å². The molecular formula is C12H20N4O. The quantitative estimate of drug-likeness (QED) is 0.742. The minimum Gasteiger partial charge on any atom is -0.395 e. The summed E-state index contributed by atoms with van der Waals surface area (Å²) in [6.07, 6.45) is 6.35. The molecule has 1 aromatic heterocycles. The first-order valence-electron chi connectivity index (χ1n) is 6.27. The van der Waals surface area contributed by atoms with Crippen LogP contribution in [0.4, 0.5) is 5.69 Å². The minimum atomic E-state index is -0.176. The molecule has 0 aliphatic heterocycles. The number of aromatic nitrogens is 2. The highest BCUT2D eigenvalue weighted by molar-refractivity contribution is 5.97. The van der Waals surface area contributed by atoms with Crippen LogP contribution in [0.5, 0.6) is 0 Å². The number of amides is 1. The number of carbonyl (C=O) groups is 1. The number of rotatable bonds is 4. The van der Waals surface area contributed by atoms with Crippen LogP contribution >= 0.6 is 0 Å². The normalized spacial score (nSPS) is 16.3. The van der Waals surface area contributed by atoms with Crippen molar-refractivity contribution >= 4 is 11.6 Å². The molecule has 4 N–H and O–H groups in total. The van der Waals surface area contributed by atoms with Crippen molar-refractivity contribution in [1.29, 1.82) is 0 Å². The van der Waals surface area contributed by atoms with Crippen molar-refractivity contribution in [2.75, 3.05) is 12.3 Å². The van der Waals surface area contributed by atoms with E-state index in [0.717, 1.165) is 24.6 Å². The van der Waals surface area contributed by atoms with Crippen LogP contribution in [0, 0.1) is 12.8 Å². The lowest BCUT2D eigenvalue weighted by Gasteiger charge is -2.09. The Labute approximate surface area is 101 Å². The first-order chi connectivity index (χ1) is 8.18. The van der Waals surface area contributed by atoms with Crippen LogP contribution in [0.15, 0.2) is 0 Å². The zero-order chi connectivity index (χ0) is 12.3. The SMILES string of the molecule is Cc1[nH]nc(C(=O)NCCC2CCCC2)c1N. The van der Waals surface area contributed by atoms with Crippen LogP contribution in [-0.4, -0.2) is 22.6 Å². The molecule has 1 fully saturated rings. The Balaban J connectivity index is 1.79. The fourth-order valence-electron chi connectivity index (χ4n) is 2.38. The van der Waals surface area contributed by atoms with Crippen LogP contribution in [0.2, 0.25) is 0 Å². The molecule has 1 saturated carbocycles. The van der Waals surface area contributed by atoms with E-state index in [4.69, 9.17) is 5.73 Å². The first-order valence-corrected chi connectivity index (χ1v) is 6.27. The highest BCUT2D eigenvalue weighted by Crippen LogP contribution is 2.26. The number of carbonyl (C=O) groups excluding carboxylic acids is 1. The summed E-state index contributed by atoms with van der Waals surface area (Å²) >= 11 is 0. The number of H-pyrrole nitrogens is 1. The van der Waals surface area contributed by atoms with Gasteiger partial charge in [0.15, 0.2) is 5.69 Å². The van der Waals surface area contributed by atoms with Gasteiger partial charge in [0.1, 0.15) is 0 Å². The Bertz CT molecular complexity index is 393. The molecule has 2 rings (SSSR count). The Morgan fingerprint density at radius 1 is 1.53 bits per heavy atom. The van der Waals surface area contributed by atoms with E-state index in [0.29, 0.717) is 11.4 Å². The van der Waals surface area contributed by atoms with E-state index in [1.807, 2.05) is 0 Å². The predicted molar refractivity (Wildman–Crippen MR) is 66.6 cm³/mol. The summed E-state index contributed by atoms with van der Waals surface area (Å²) in [7, 11) is 0. The number of aromatic amines is 1. The molecule has 0 radical (unpaired) electrons. The molecule has 5 heteroatoms. The summed E-state index contributed by atoms with van der Waals surface area (Å²) in [6, 6.07) is 0. The van der Waals surface area contributed by atoms with Gasteiger partial charge in [-0.3, -0.25) is 9.89 Å². The van der Waals surface area contributed by atoms with Crippen LogP contribution < -0.4 is 11.1 Å². The highest BCUT2D eigenvalue weighted by Gasteiger charge is 2.17. The second kappa shape index (κ2) is 5.21. The maximum absolute atomic E-state index is 11.8. The molecule has 0 aromatic carbocycles. The zero-order valence-corrected chi connectivity index (χ0v) is 10.3. The number of hydrogen-bond donors (Lipinski definition) is 3. The second-order valence-electron chi connectivity index (χ2n) is 4.81. The van der Waals surface area contributed by atoms with Crippen molar-refractivity contribution in [3.8, 4) is 0 Å². The van der Waals surface area contributed by atoms with Crippen LogP contribution in [0.3, 0.4) is 0 Å². The molecule has 1 aliphatic rings. The summed E-state index contributed by atoms with van der Waals surface area (Å²) in [5.74, 6) is 0.610. The molecule has 17 heavy (non-hydrogen) atoms. The summed E-state index contributed by atoms with van der Waals surface area (Å²) < 4.78 is 0. The summed E-state index contributed by atoms with van der Waals surface area (Å²) in [4.78, 5) is 11.8. The van der Waals surface area contributed by atoms with Gasteiger partial charge in [-0.15, -0.1) is 0 Å². The smallest absolute Gasteiger partial charge is 0.273 e. The lowest BCUT2D eigenvalue weighted by atomic mass is 10.0. The molecule has 0 atom stereocenters. The van der Waals surface area contributed by atoms with Crippen molar-refractivity contribution in [2.45, 2.75) is 39.0 Å². The minimum absolute atomic E-state index is 0.176. The van der Waals surface area contributed by atoms with Gasteiger partial charge < -0.3 is 11.1 Å². The number of hydrogen-bond acceptors (Lipinski definition) is 3. The fraction of sp³-hybridized carbons (Fsp3) is 0.667. The van der Waals surface area contributed by atoms with E-state index < -0.39 is 0 Å². The number of nitrogens with zero attached hydrogens (tertiary/aromatic N) is 1. The van der Waals surface area contributed by atoms with E-state index in [1.54, 1.807) is 6.92 Å². The van der Waals surface area contributed by atoms with E-state index in [-0.39, 0.29) is 5.91 Å². The van der Waals surface area contributed by atoms with Crippen molar-refractivity contribution < 1.29 is 4.79 Å². The molecule has 0 bridgehead atoms. The number of anilines is 1. The maximum Gasteiger partial charge on any atom is 0.273 e. The zero-order valence-electron chi connectivity index (χ0n) is 10.3. The van der Waals surface area contributed by atoms with Crippen LogP contribution in [0.1, 0.15) is 48.3 Å². The largest absolute Gasteiger partial charge is 0.395 e. The van der Waals surface area contributed by atoms with E-state index in [9.17, 15) is 4.79 Å². The summed E-state index contributed by atoms with van der Waals surface area (Å²) in [5.41, 5.74) is 7.25. The molecular weight excluding hydrogens is 216 g/mol. The van der Waals surface area contributed by atoms with Gasteiger partial charge in [-0.25, -0.2) is 0 Å². The number of aryl methyl sites for hydroxylation is 1. The van der Waals surface area contributed by atoms with E-state index in [2.05, 4.69) is 15.5 Å². The van der Waals surface area contributed by atoms with Crippen LogP contribution in [-0.2, 0) is 0 Å². The van der Waals surface area contributed by atoms with Gasteiger partial charge in [-0.05, 0) is 19.3 Å². The van der Waals surface area contributed by atoms with Crippen molar-refractivity contribution in [2.24, 2.45) is 5.92 Å². The van der Waals surface area contributed by atoms with Crippen molar-refractivity contribution in [1.82, 2.24) is 15.5 Å². The van der Waals surface area contributed by atoms with Gasteiger partial charge >= 0.3 is 0 Å². The number of nitrogens with two attached hydrogens (primary N) is 1. The molecule has 1 heterocycles. The lowest BCUT2D eigenvalue weighted by molar-refractivity contribution is 0.0947. The lowest BCUT2D eigenvalue weighted by Crippen LogP contribution is -2.26. The Hall–Kier alpha value is -1.52. The summed E-state index contributed by atoms with van der Waals surface area (Å²) in [6.45, 7) is 2.52. The monoisotopic (exact) mass is 236 g/mol. The molecule has 5 nitrogen and oxygen atoms in total. The van der Waals surface area contributed by atoms with Gasteiger partial charge in [-0.1, -0.05) is 25.7 Å². The van der Waals surface area contributed by atoms with Crippen molar-refractivity contribution in [3.05, 3.63) is 11.4 Å². The first kappa shape index (κ1) is 12.0. The third kappa shape index (κ3) is 2.78. The van der Waals surface area contributed by atoms with Crippen LogP contribution in [0.25, 0.3) is 0 Å². The molecule has 1 aromatic rings. The van der Waals surface area contributed by atoms with Gasteiger partial charge in [0, 0.05) is 6.54 Å². The Morgan fingerprint density at radius 2 is 2.24 bits per heavy atom. The second-order valence-corrected chi connectivity index (χ2v) is 4.81. The third-order valence-corrected chi connectivity index (χ3v) is 3.52. The topological polar surface area (TPSA) is 83.8 Å². The highest BCUT2D eigenvalue weighted by atomic mass is 16.1. The number of nitrogens with one attached hydrogen (secondary N) is 2. The molecule has 0 unspecified atom stereocenters.